The molecular formula is C21H23N3O2S. The first-order chi connectivity index (χ1) is 12.8. The van der Waals surface area contributed by atoms with Crippen molar-refractivity contribution in [1.29, 1.82) is 0 Å². The van der Waals surface area contributed by atoms with Crippen LogP contribution in [0.25, 0.3) is 0 Å². The molecule has 2 bridgehead atoms. The number of amides is 1. The molecule has 3 atom stereocenters. The lowest BCUT2D eigenvalue weighted by atomic mass is 9.79. The Bertz CT molecular complexity index is 958. The summed E-state index contributed by atoms with van der Waals surface area (Å²) in [7, 11) is 0. The second-order valence-electron chi connectivity index (χ2n) is 7.61. The maximum atomic E-state index is 13.3. The van der Waals surface area contributed by atoms with E-state index in [0.717, 1.165) is 33.7 Å². The van der Waals surface area contributed by atoms with Crippen LogP contribution < -0.4 is 20.7 Å². The molecule has 0 spiro atoms. The van der Waals surface area contributed by atoms with Crippen molar-refractivity contribution in [1.82, 2.24) is 10.6 Å². The second-order valence-corrected chi connectivity index (χ2v) is 8.02. The highest BCUT2D eigenvalue weighted by Gasteiger charge is 2.54. The van der Waals surface area contributed by atoms with Gasteiger partial charge in [0.05, 0.1) is 6.04 Å². The van der Waals surface area contributed by atoms with Gasteiger partial charge in [-0.25, -0.2) is 0 Å². The van der Waals surface area contributed by atoms with Gasteiger partial charge in [0.25, 0.3) is 0 Å². The summed E-state index contributed by atoms with van der Waals surface area (Å²) in [5, 5.41) is 10.0. The lowest BCUT2D eigenvalue weighted by Crippen LogP contribution is -2.70. The third-order valence-electron chi connectivity index (χ3n) is 5.32. The molecule has 0 aromatic heterocycles. The zero-order valence-corrected chi connectivity index (χ0v) is 16.7. The van der Waals surface area contributed by atoms with Crippen LogP contribution in [0.15, 0.2) is 36.4 Å². The van der Waals surface area contributed by atoms with Crippen LogP contribution in [0.2, 0.25) is 0 Å². The first kappa shape index (κ1) is 17.8. The Labute approximate surface area is 164 Å². The van der Waals surface area contributed by atoms with E-state index in [1.54, 1.807) is 0 Å². The predicted octanol–water partition coefficient (Wildman–Crippen LogP) is 3.49. The highest BCUT2D eigenvalue weighted by atomic mass is 32.1. The lowest BCUT2D eigenvalue weighted by Gasteiger charge is -2.50. The molecule has 2 aliphatic rings. The topological polar surface area (TPSA) is 62.4 Å². The third-order valence-corrected chi connectivity index (χ3v) is 5.54. The third kappa shape index (κ3) is 3.04. The predicted molar refractivity (Wildman–Crippen MR) is 110 cm³/mol. The molecule has 1 amide bonds. The summed E-state index contributed by atoms with van der Waals surface area (Å²) in [6.45, 7) is 7.93. The standard InChI is InChI=1S/C21H23N3O2S/c1-11-5-7-15(13(3)9-11)22-19(25)17-18-14-10-12(2)6-8-16(14)26-21(17,4)24-20(27)23-18/h5-10,17-18H,1-4H3,(H,22,25)(H2,23,24,27)/t17-,18-,21+/m1/s1. The van der Waals surface area contributed by atoms with Crippen LogP contribution in [0.4, 0.5) is 5.69 Å². The number of fused-ring (bicyclic) bond motifs is 4. The number of hydrogen-bond acceptors (Lipinski definition) is 3. The van der Waals surface area contributed by atoms with E-state index in [1.807, 2.05) is 52.0 Å². The summed E-state index contributed by atoms with van der Waals surface area (Å²) in [5.74, 6) is 0.175. The summed E-state index contributed by atoms with van der Waals surface area (Å²) < 4.78 is 6.24. The molecule has 6 heteroatoms. The van der Waals surface area contributed by atoms with E-state index in [1.165, 1.54) is 0 Å². The van der Waals surface area contributed by atoms with Gasteiger partial charge in [0.2, 0.25) is 5.91 Å². The van der Waals surface area contributed by atoms with E-state index in [9.17, 15) is 4.79 Å². The quantitative estimate of drug-likeness (QED) is 0.695. The highest BCUT2D eigenvalue weighted by Crippen LogP contribution is 2.45. The monoisotopic (exact) mass is 381 g/mol. The van der Waals surface area contributed by atoms with E-state index in [-0.39, 0.29) is 11.9 Å². The number of anilines is 1. The summed E-state index contributed by atoms with van der Waals surface area (Å²) >= 11 is 5.36. The number of ether oxygens (including phenoxy) is 1. The number of aryl methyl sites for hydroxylation is 3. The Morgan fingerprint density at radius 3 is 2.59 bits per heavy atom. The van der Waals surface area contributed by atoms with Crippen molar-refractivity contribution >= 4 is 28.9 Å². The van der Waals surface area contributed by atoms with Crippen molar-refractivity contribution in [3.05, 3.63) is 58.7 Å². The molecule has 0 radical (unpaired) electrons. The summed E-state index contributed by atoms with van der Waals surface area (Å²) in [6.07, 6.45) is 0. The number of thiocarbonyl (C=S) groups is 1. The molecule has 140 valence electrons. The van der Waals surface area contributed by atoms with Crippen molar-refractivity contribution in [3.8, 4) is 5.75 Å². The van der Waals surface area contributed by atoms with Gasteiger partial charge in [-0.15, -0.1) is 0 Å². The summed E-state index contributed by atoms with van der Waals surface area (Å²) in [6, 6.07) is 11.7. The highest BCUT2D eigenvalue weighted by molar-refractivity contribution is 7.80. The lowest BCUT2D eigenvalue weighted by molar-refractivity contribution is -0.132. The molecule has 4 rings (SSSR count). The number of nitrogens with one attached hydrogen (secondary N) is 3. The SMILES string of the molecule is Cc1ccc(NC(=O)[C@H]2[C@@H]3NC(=S)N[C@@]2(C)Oc2ccc(C)cc23)c(C)c1. The number of carbonyl (C=O) groups excluding carboxylic acids is 1. The van der Waals surface area contributed by atoms with E-state index >= 15 is 0 Å². The Morgan fingerprint density at radius 1 is 1.15 bits per heavy atom. The Kier molecular flexibility index (Phi) is 4.11. The van der Waals surface area contributed by atoms with Crippen LogP contribution in [-0.4, -0.2) is 16.7 Å². The molecule has 2 aromatic rings. The molecule has 3 N–H and O–H groups in total. The maximum Gasteiger partial charge on any atom is 0.236 e. The van der Waals surface area contributed by atoms with Crippen molar-refractivity contribution in [2.24, 2.45) is 5.92 Å². The first-order valence-electron chi connectivity index (χ1n) is 9.03. The zero-order chi connectivity index (χ0) is 19.3. The Balaban J connectivity index is 1.73. The van der Waals surface area contributed by atoms with Gasteiger partial charge in [0.15, 0.2) is 10.8 Å². The van der Waals surface area contributed by atoms with Crippen LogP contribution in [0.3, 0.4) is 0 Å². The van der Waals surface area contributed by atoms with Crippen LogP contribution in [0.1, 0.15) is 35.2 Å². The van der Waals surface area contributed by atoms with Crippen LogP contribution in [-0.2, 0) is 4.79 Å². The summed E-state index contributed by atoms with van der Waals surface area (Å²) in [5.41, 5.74) is 4.15. The van der Waals surface area contributed by atoms with Crippen molar-refractivity contribution in [3.63, 3.8) is 0 Å². The van der Waals surface area contributed by atoms with Gasteiger partial charge in [-0.05, 0) is 57.6 Å². The molecule has 27 heavy (non-hydrogen) atoms. The van der Waals surface area contributed by atoms with Crippen molar-refractivity contribution < 1.29 is 9.53 Å². The maximum absolute atomic E-state index is 13.3. The van der Waals surface area contributed by atoms with Gasteiger partial charge < -0.3 is 20.7 Å². The van der Waals surface area contributed by atoms with Gasteiger partial charge in [0.1, 0.15) is 11.7 Å². The largest absolute Gasteiger partial charge is 0.467 e. The van der Waals surface area contributed by atoms with Gasteiger partial charge in [-0.2, -0.15) is 0 Å². The molecule has 1 saturated heterocycles. The number of rotatable bonds is 2. The molecule has 2 heterocycles. The molecule has 1 fully saturated rings. The molecular weight excluding hydrogens is 358 g/mol. The van der Waals surface area contributed by atoms with Gasteiger partial charge >= 0.3 is 0 Å². The number of hydrogen-bond donors (Lipinski definition) is 3. The molecule has 0 aliphatic carbocycles. The van der Waals surface area contributed by atoms with Gasteiger partial charge in [-0.1, -0.05) is 35.4 Å². The average Bonchev–Trinajstić information content (AvgIpc) is 2.57. The Morgan fingerprint density at radius 2 is 1.85 bits per heavy atom. The molecule has 2 aliphatic heterocycles. The number of benzene rings is 2. The minimum absolute atomic E-state index is 0.107. The minimum atomic E-state index is -0.919. The van der Waals surface area contributed by atoms with Crippen LogP contribution in [0, 0.1) is 26.7 Å². The fraction of sp³-hybridized carbons (Fsp3) is 0.333. The normalized spacial score (nSPS) is 25.6. The van der Waals surface area contributed by atoms with Crippen molar-refractivity contribution in [2.75, 3.05) is 5.32 Å². The fourth-order valence-electron chi connectivity index (χ4n) is 4.03. The van der Waals surface area contributed by atoms with Crippen LogP contribution in [0.5, 0.6) is 5.75 Å². The Hall–Kier alpha value is -2.60. The minimum Gasteiger partial charge on any atom is -0.467 e. The zero-order valence-electron chi connectivity index (χ0n) is 15.8. The molecule has 5 nitrogen and oxygen atoms in total. The number of carbonyl (C=O) groups is 1. The molecule has 2 aromatic carbocycles. The summed E-state index contributed by atoms with van der Waals surface area (Å²) in [4.78, 5) is 13.3. The second kappa shape index (κ2) is 6.23. The van der Waals surface area contributed by atoms with E-state index < -0.39 is 11.6 Å². The van der Waals surface area contributed by atoms with Crippen molar-refractivity contribution in [2.45, 2.75) is 39.5 Å². The van der Waals surface area contributed by atoms with Gasteiger partial charge in [0, 0.05) is 11.3 Å². The van der Waals surface area contributed by atoms with E-state index in [4.69, 9.17) is 17.0 Å². The van der Waals surface area contributed by atoms with E-state index in [0.29, 0.717) is 5.11 Å². The molecule has 0 unspecified atom stereocenters. The van der Waals surface area contributed by atoms with E-state index in [2.05, 4.69) is 28.1 Å². The average molecular weight is 382 g/mol. The molecule has 0 saturated carbocycles. The first-order valence-corrected chi connectivity index (χ1v) is 9.44. The van der Waals surface area contributed by atoms with Gasteiger partial charge in [-0.3, -0.25) is 4.79 Å². The fourth-order valence-corrected chi connectivity index (χ4v) is 4.36. The smallest absolute Gasteiger partial charge is 0.236 e. The van der Waals surface area contributed by atoms with Crippen LogP contribution >= 0.6 is 12.2 Å².